The van der Waals surface area contributed by atoms with Gasteiger partial charge in [0.25, 0.3) is 0 Å². The van der Waals surface area contributed by atoms with E-state index in [4.69, 9.17) is 14.2 Å². The normalized spacial score (nSPS) is 11.6. The molecular formula is C31H44O4. The maximum absolute atomic E-state index is 11.7. The molecule has 4 heteroatoms. The fraction of sp³-hybridized carbons (Fsp3) is 0.516. The molecule has 2 aromatic rings. The SMILES string of the molecule is C=CC(=O)OC(CCCC)CCCOc1cc(OCCCCCCCC)ccc1-c1ccccc1. The van der Waals surface area contributed by atoms with Crippen LogP contribution in [0.2, 0.25) is 0 Å². The number of benzene rings is 2. The first-order valence-corrected chi connectivity index (χ1v) is 13.5. The fourth-order valence-corrected chi connectivity index (χ4v) is 4.04. The van der Waals surface area contributed by atoms with Crippen LogP contribution in [0.25, 0.3) is 11.1 Å². The summed E-state index contributed by atoms with van der Waals surface area (Å²) in [5.74, 6) is 1.31. The number of hydrogen-bond acceptors (Lipinski definition) is 4. The van der Waals surface area contributed by atoms with Crippen molar-refractivity contribution >= 4 is 5.97 Å². The van der Waals surface area contributed by atoms with Crippen molar-refractivity contribution in [3.63, 3.8) is 0 Å². The molecule has 4 nitrogen and oxygen atoms in total. The van der Waals surface area contributed by atoms with E-state index in [-0.39, 0.29) is 12.1 Å². The van der Waals surface area contributed by atoms with E-state index in [0.29, 0.717) is 6.61 Å². The van der Waals surface area contributed by atoms with Crippen molar-refractivity contribution in [2.24, 2.45) is 0 Å². The third-order valence-corrected chi connectivity index (χ3v) is 6.06. The van der Waals surface area contributed by atoms with Crippen LogP contribution in [0.3, 0.4) is 0 Å². The molecule has 0 amide bonds. The van der Waals surface area contributed by atoms with Crippen LogP contribution in [-0.4, -0.2) is 25.3 Å². The molecular weight excluding hydrogens is 436 g/mol. The molecule has 0 spiro atoms. The van der Waals surface area contributed by atoms with E-state index in [0.717, 1.165) is 67.8 Å². The van der Waals surface area contributed by atoms with E-state index >= 15 is 0 Å². The zero-order chi connectivity index (χ0) is 25.1. The second kappa shape index (κ2) is 17.7. The molecule has 0 heterocycles. The van der Waals surface area contributed by atoms with Gasteiger partial charge in [-0.25, -0.2) is 4.79 Å². The first-order chi connectivity index (χ1) is 17.2. The largest absolute Gasteiger partial charge is 0.493 e. The number of carbonyl (C=O) groups is 1. The van der Waals surface area contributed by atoms with Crippen molar-refractivity contribution in [1.82, 2.24) is 0 Å². The zero-order valence-electron chi connectivity index (χ0n) is 21.8. The maximum Gasteiger partial charge on any atom is 0.330 e. The Balaban J connectivity index is 1.95. The Morgan fingerprint density at radius 1 is 0.829 bits per heavy atom. The second-order valence-corrected chi connectivity index (χ2v) is 9.04. The number of unbranched alkanes of at least 4 members (excludes halogenated alkanes) is 6. The van der Waals surface area contributed by atoms with Gasteiger partial charge < -0.3 is 14.2 Å². The number of hydrogen-bond donors (Lipinski definition) is 0. The molecule has 0 aromatic heterocycles. The van der Waals surface area contributed by atoms with Gasteiger partial charge in [-0.1, -0.05) is 95.7 Å². The van der Waals surface area contributed by atoms with E-state index < -0.39 is 0 Å². The van der Waals surface area contributed by atoms with Crippen LogP contribution in [0.4, 0.5) is 0 Å². The number of esters is 1. The third kappa shape index (κ3) is 11.5. The highest BCUT2D eigenvalue weighted by molar-refractivity contribution is 5.81. The summed E-state index contributed by atoms with van der Waals surface area (Å²) >= 11 is 0. The summed E-state index contributed by atoms with van der Waals surface area (Å²) in [6.45, 7) is 9.17. The number of carbonyl (C=O) groups excluding carboxylic acids is 1. The van der Waals surface area contributed by atoms with Crippen LogP contribution < -0.4 is 9.47 Å². The Kier molecular flexibility index (Phi) is 14.4. The molecule has 192 valence electrons. The minimum Gasteiger partial charge on any atom is -0.493 e. The Labute approximate surface area is 212 Å². The molecule has 2 aromatic carbocycles. The van der Waals surface area contributed by atoms with Crippen molar-refractivity contribution in [3.05, 3.63) is 61.2 Å². The molecule has 0 N–H and O–H groups in total. The van der Waals surface area contributed by atoms with Crippen LogP contribution in [0.1, 0.15) is 84.5 Å². The Bertz CT molecular complexity index is 846. The smallest absolute Gasteiger partial charge is 0.330 e. The van der Waals surface area contributed by atoms with Gasteiger partial charge in [-0.3, -0.25) is 0 Å². The minimum absolute atomic E-state index is 0.0929. The second-order valence-electron chi connectivity index (χ2n) is 9.04. The van der Waals surface area contributed by atoms with E-state index in [9.17, 15) is 4.79 Å². The summed E-state index contributed by atoms with van der Waals surface area (Å²) in [5, 5.41) is 0. The van der Waals surface area contributed by atoms with Crippen LogP contribution in [0, 0.1) is 0 Å². The number of rotatable bonds is 19. The first kappa shape index (κ1) is 28.5. The van der Waals surface area contributed by atoms with Crippen molar-refractivity contribution in [1.29, 1.82) is 0 Å². The summed E-state index contributed by atoms with van der Waals surface area (Å²) in [6.07, 6.45) is 13.2. The predicted octanol–water partition coefficient (Wildman–Crippen LogP) is 8.54. The molecule has 0 bridgehead atoms. The van der Waals surface area contributed by atoms with Crippen molar-refractivity contribution in [2.45, 2.75) is 90.6 Å². The van der Waals surface area contributed by atoms with Gasteiger partial charge in [-0.15, -0.1) is 0 Å². The van der Waals surface area contributed by atoms with Gasteiger partial charge in [0, 0.05) is 17.7 Å². The lowest BCUT2D eigenvalue weighted by Crippen LogP contribution is -2.18. The van der Waals surface area contributed by atoms with E-state index in [1.165, 1.54) is 38.2 Å². The van der Waals surface area contributed by atoms with Crippen molar-refractivity contribution in [2.75, 3.05) is 13.2 Å². The van der Waals surface area contributed by atoms with E-state index in [2.05, 4.69) is 38.6 Å². The minimum atomic E-state index is -0.353. The Morgan fingerprint density at radius 2 is 1.51 bits per heavy atom. The molecule has 0 fully saturated rings. The van der Waals surface area contributed by atoms with Crippen molar-refractivity contribution < 1.29 is 19.0 Å². The lowest BCUT2D eigenvalue weighted by atomic mass is 10.0. The van der Waals surface area contributed by atoms with Crippen LogP contribution in [-0.2, 0) is 9.53 Å². The van der Waals surface area contributed by atoms with E-state index in [1.54, 1.807) is 0 Å². The molecule has 1 unspecified atom stereocenters. The van der Waals surface area contributed by atoms with Crippen molar-refractivity contribution in [3.8, 4) is 22.6 Å². The molecule has 0 aliphatic rings. The fourth-order valence-electron chi connectivity index (χ4n) is 4.04. The predicted molar refractivity (Wildman–Crippen MR) is 145 cm³/mol. The molecule has 2 rings (SSSR count). The van der Waals surface area contributed by atoms with Gasteiger partial charge in [0.2, 0.25) is 0 Å². The Morgan fingerprint density at radius 3 is 2.26 bits per heavy atom. The molecule has 0 saturated carbocycles. The summed E-state index contributed by atoms with van der Waals surface area (Å²) in [7, 11) is 0. The highest BCUT2D eigenvalue weighted by atomic mass is 16.5. The standard InChI is InChI=1S/C31H44O4/c1-4-7-9-10-11-15-23-33-28-21-22-29(26-17-13-12-14-18-26)30(25-28)34-24-16-20-27(19-8-5-2)35-31(32)6-3/h6,12-14,17-18,21-22,25,27H,3-5,7-11,15-16,19-20,23-24H2,1-2H3. The lowest BCUT2D eigenvalue weighted by molar-refractivity contribution is -0.143. The Hall–Kier alpha value is -2.75. The van der Waals surface area contributed by atoms with Crippen LogP contribution >= 0.6 is 0 Å². The molecule has 35 heavy (non-hydrogen) atoms. The third-order valence-electron chi connectivity index (χ3n) is 6.06. The van der Waals surface area contributed by atoms with Gasteiger partial charge in [0.1, 0.15) is 17.6 Å². The van der Waals surface area contributed by atoms with Gasteiger partial charge in [0.15, 0.2) is 0 Å². The summed E-state index contributed by atoms with van der Waals surface area (Å²) in [5.41, 5.74) is 2.17. The monoisotopic (exact) mass is 480 g/mol. The topological polar surface area (TPSA) is 44.8 Å². The molecule has 1 atom stereocenters. The van der Waals surface area contributed by atoms with Crippen LogP contribution in [0.15, 0.2) is 61.2 Å². The summed E-state index contributed by atoms with van der Waals surface area (Å²) in [4.78, 5) is 11.7. The highest BCUT2D eigenvalue weighted by Gasteiger charge is 2.13. The quantitative estimate of drug-likeness (QED) is 0.115. The molecule has 0 aliphatic heterocycles. The molecule has 0 radical (unpaired) electrons. The maximum atomic E-state index is 11.7. The zero-order valence-corrected chi connectivity index (χ0v) is 21.8. The van der Waals surface area contributed by atoms with Gasteiger partial charge >= 0.3 is 5.97 Å². The first-order valence-electron chi connectivity index (χ1n) is 13.5. The highest BCUT2D eigenvalue weighted by Crippen LogP contribution is 2.34. The van der Waals surface area contributed by atoms with Crippen LogP contribution in [0.5, 0.6) is 11.5 Å². The average molecular weight is 481 g/mol. The number of ether oxygens (including phenoxy) is 3. The van der Waals surface area contributed by atoms with Gasteiger partial charge in [-0.2, -0.15) is 0 Å². The molecule has 0 saturated heterocycles. The average Bonchev–Trinajstić information content (AvgIpc) is 2.89. The lowest BCUT2D eigenvalue weighted by Gasteiger charge is -2.18. The van der Waals surface area contributed by atoms with Gasteiger partial charge in [-0.05, 0) is 43.4 Å². The summed E-state index contributed by atoms with van der Waals surface area (Å²) < 4.78 is 17.8. The molecule has 0 aliphatic carbocycles. The van der Waals surface area contributed by atoms with E-state index in [1.807, 2.05) is 30.3 Å². The van der Waals surface area contributed by atoms with Gasteiger partial charge in [0.05, 0.1) is 13.2 Å². The summed E-state index contributed by atoms with van der Waals surface area (Å²) in [6, 6.07) is 16.4.